The van der Waals surface area contributed by atoms with Crippen LogP contribution in [0.3, 0.4) is 0 Å². The number of hydrogen-bond acceptors (Lipinski definition) is 4. The Balaban J connectivity index is 2.26. The summed E-state index contributed by atoms with van der Waals surface area (Å²) in [6.07, 6.45) is -4.78. The Bertz CT molecular complexity index is 748. The molecular weight excluding hydrogens is 301 g/mol. The molecule has 0 bridgehead atoms. The molecule has 1 aromatic heterocycles. The maximum absolute atomic E-state index is 12.2. The van der Waals surface area contributed by atoms with Crippen LogP contribution in [0.15, 0.2) is 17.0 Å². The number of ether oxygens (including phenoxy) is 1. The van der Waals surface area contributed by atoms with E-state index < -0.39 is 22.9 Å². The lowest BCUT2D eigenvalue weighted by molar-refractivity contribution is -0.274. The lowest BCUT2D eigenvalue weighted by Crippen LogP contribution is -2.22. The Morgan fingerprint density at radius 2 is 2.16 bits per heavy atom. The van der Waals surface area contributed by atoms with Crippen LogP contribution >= 0.6 is 11.3 Å². The quantitative estimate of drug-likeness (QED) is 0.878. The first-order valence-corrected chi connectivity index (χ1v) is 7.35. The average Bonchev–Trinajstić information content (AvgIpc) is 2.58. The predicted octanol–water partition coefficient (Wildman–Crippen LogP) is 2.20. The van der Waals surface area contributed by atoms with Crippen LogP contribution < -0.4 is 9.54 Å². The van der Waals surface area contributed by atoms with Crippen LogP contribution in [-0.4, -0.2) is 20.9 Å². The Kier molecular flexibility index (Phi) is 2.72. The fourth-order valence-corrected chi connectivity index (χ4v) is 4.34. The fourth-order valence-electron chi connectivity index (χ4n) is 2.03. The number of halogens is 3. The van der Waals surface area contributed by atoms with Gasteiger partial charge in [-0.1, -0.05) is 11.3 Å². The van der Waals surface area contributed by atoms with E-state index >= 15 is 0 Å². The van der Waals surface area contributed by atoms with Crippen molar-refractivity contribution in [1.29, 1.82) is 5.41 Å². The van der Waals surface area contributed by atoms with Gasteiger partial charge in [0.25, 0.3) is 0 Å². The molecular formula is C10H7F3N2O2S2. The predicted molar refractivity (Wildman–Crippen MR) is 63.6 cm³/mol. The van der Waals surface area contributed by atoms with E-state index in [0.717, 1.165) is 17.4 Å². The summed E-state index contributed by atoms with van der Waals surface area (Å²) >= 11 is 1.05. The van der Waals surface area contributed by atoms with Crippen molar-refractivity contribution < 1.29 is 22.1 Å². The second kappa shape index (κ2) is 4.07. The zero-order chi connectivity index (χ0) is 13.8. The monoisotopic (exact) mass is 308 g/mol. The number of aromatic nitrogens is 1. The van der Waals surface area contributed by atoms with Gasteiger partial charge in [-0.25, -0.2) is 0 Å². The summed E-state index contributed by atoms with van der Waals surface area (Å²) in [5.41, 5.74) is 0.578. The number of thiazole rings is 1. The summed E-state index contributed by atoms with van der Waals surface area (Å²) in [4.78, 5) is 0.537. The summed E-state index contributed by atoms with van der Waals surface area (Å²) in [6.45, 7) is 0.442. The molecule has 1 aliphatic heterocycles. The highest BCUT2D eigenvalue weighted by Gasteiger charge is 2.32. The van der Waals surface area contributed by atoms with Crippen molar-refractivity contribution in [3.05, 3.63) is 16.9 Å². The summed E-state index contributed by atoms with van der Waals surface area (Å²) in [5.74, 6) is -0.0937. The number of alkyl halides is 3. The van der Waals surface area contributed by atoms with E-state index in [4.69, 9.17) is 5.41 Å². The SMILES string of the molecule is N=c1sc2cc(OC(F)(F)F)cc3c2n1CC[S@@]3=O. The van der Waals surface area contributed by atoms with Gasteiger partial charge in [0, 0.05) is 18.4 Å². The third-order valence-corrected chi connectivity index (χ3v) is 5.01. The van der Waals surface area contributed by atoms with Crippen molar-refractivity contribution in [3.63, 3.8) is 0 Å². The van der Waals surface area contributed by atoms with Crippen LogP contribution in [0, 0.1) is 5.41 Å². The molecule has 19 heavy (non-hydrogen) atoms. The number of nitrogens with one attached hydrogen (secondary N) is 1. The molecule has 0 unspecified atom stereocenters. The highest BCUT2D eigenvalue weighted by Crippen LogP contribution is 2.34. The van der Waals surface area contributed by atoms with E-state index in [1.54, 1.807) is 4.57 Å². The standard InChI is InChI=1S/C10H7F3N2O2S2/c11-10(12,13)17-5-3-6-8-7(4-5)19(16)2-1-15(8)9(14)18-6/h3-4,14H,1-2H2/t19-/m0/s1. The number of nitrogens with zero attached hydrogens (tertiary/aromatic N) is 1. The van der Waals surface area contributed by atoms with E-state index in [-0.39, 0.29) is 4.80 Å². The molecule has 0 spiro atoms. The van der Waals surface area contributed by atoms with Gasteiger partial charge in [-0.15, -0.1) is 13.2 Å². The van der Waals surface area contributed by atoms with Gasteiger partial charge in [0.2, 0.25) is 0 Å². The molecule has 1 N–H and O–H groups in total. The molecule has 1 aliphatic rings. The van der Waals surface area contributed by atoms with Crippen molar-refractivity contribution in [1.82, 2.24) is 4.57 Å². The molecule has 4 nitrogen and oxygen atoms in total. The van der Waals surface area contributed by atoms with Gasteiger partial charge in [-0.3, -0.25) is 9.62 Å². The third-order valence-electron chi connectivity index (χ3n) is 2.71. The van der Waals surface area contributed by atoms with Crippen molar-refractivity contribution in [3.8, 4) is 5.75 Å². The van der Waals surface area contributed by atoms with Crippen LogP contribution in [0.25, 0.3) is 10.2 Å². The second-order valence-electron chi connectivity index (χ2n) is 3.92. The van der Waals surface area contributed by atoms with Gasteiger partial charge in [0.1, 0.15) is 5.75 Å². The Labute approximate surface area is 111 Å². The molecule has 0 saturated heterocycles. The molecule has 0 amide bonds. The molecule has 9 heteroatoms. The summed E-state index contributed by atoms with van der Waals surface area (Å²) in [7, 11) is -1.36. The normalized spacial score (nSPS) is 18.8. The summed E-state index contributed by atoms with van der Waals surface area (Å²) in [5, 5.41) is 7.77. The van der Waals surface area contributed by atoms with E-state index in [0.29, 0.717) is 27.4 Å². The maximum Gasteiger partial charge on any atom is 0.573 e. The molecule has 2 heterocycles. The molecule has 0 saturated carbocycles. The van der Waals surface area contributed by atoms with Gasteiger partial charge in [0.15, 0.2) is 4.80 Å². The molecule has 3 rings (SSSR count). The first-order valence-electron chi connectivity index (χ1n) is 5.21. The minimum Gasteiger partial charge on any atom is -0.406 e. The number of aryl methyl sites for hydroxylation is 1. The molecule has 0 radical (unpaired) electrons. The minimum absolute atomic E-state index is 0.233. The molecule has 0 aliphatic carbocycles. The Morgan fingerprint density at radius 1 is 1.42 bits per heavy atom. The van der Waals surface area contributed by atoms with Crippen molar-refractivity contribution in [2.45, 2.75) is 17.8 Å². The molecule has 102 valence electrons. The smallest absolute Gasteiger partial charge is 0.406 e. The lowest BCUT2D eigenvalue weighted by Gasteiger charge is -2.16. The molecule has 0 fully saturated rings. The zero-order valence-electron chi connectivity index (χ0n) is 9.28. The largest absolute Gasteiger partial charge is 0.573 e. The van der Waals surface area contributed by atoms with Gasteiger partial charge >= 0.3 is 6.36 Å². The first kappa shape index (κ1) is 12.7. The Hall–Kier alpha value is -1.35. The highest BCUT2D eigenvalue weighted by molar-refractivity contribution is 7.85. The maximum atomic E-state index is 12.2. The molecule has 1 aromatic carbocycles. The average molecular weight is 308 g/mol. The first-order chi connectivity index (χ1) is 8.85. The van der Waals surface area contributed by atoms with Crippen LogP contribution in [0.4, 0.5) is 13.2 Å². The minimum atomic E-state index is -4.78. The number of rotatable bonds is 1. The van der Waals surface area contributed by atoms with Gasteiger partial charge in [-0.2, -0.15) is 0 Å². The van der Waals surface area contributed by atoms with E-state index in [9.17, 15) is 17.4 Å². The van der Waals surface area contributed by atoms with Crippen LogP contribution in [0.1, 0.15) is 0 Å². The Morgan fingerprint density at radius 3 is 2.84 bits per heavy atom. The topological polar surface area (TPSA) is 55.1 Å². The number of hydrogen-bond donors (Lipinski definition) is 1. The van der Waals surface area contributed by atoms with Gasteiger partial charge < -0.3 is 9.30 Å². The number of benzene rings is 1. The summed E-state index contributed by atoms with van der Waals surface area (Å²) in [6, 6.07) is 2.38. The van der Waals surface area contributed by atoms with Crippen LogP contribution in [0.2, 0.25) is 0 Å². The van der Waals surface area contributed by atoms with Gasteiger partial charge in [-0.05, 0) is 6.07 Å². The van der Waals surface area contributed by atoms with Crippen molar-refractivity contribution >= 4 is 32.4 Å². The lowest BCUT2D eigenvalue weighted by atomic mass is 10.3. The zero-order valence-corrected chi connectivity index (χ0v) is 10.9. The van der Waals surface area contributed by atoms with Crippen molar-refractivity contribution in [2.24, 2.45) is 0 Å². The van der Waals surface area contributed by atoms with E-state index in [1.165, 1.54) is 6.07 Å². The molecule has 1 atom stereocenters. The molecule has 2 aromatic rings. The van der Waals surface area contributed by atoms with Crippen molar-refractivity contribution in [2.75, 3.05) is 5.75 Å². The van der Waals surface area contributed by atoms with E-state index in [1.807, 2.05) is 0 Å². The van der Waals surface area contributed by atoms with Crippen LogP contribution in [0.5, 0.6) is 5.75 Å². The van der Waals surface area contributed by atoms with Crippen LogP contribution in [-0.2, 0) is 17.3 Å². The highest BCUT2D eigenvalue weighted by atomic mass is 32.2. The summed E-state index contributed by atoms with van der Waals surface area (Å²) < 4.78 is 54.6. The third kappa shape index (κ3) is 2.16. The van der Waals surface area contributed by atoms with Gasteiger partial charge in [0.05, 0.1) is 25.9 Å². The van der Waals surface area contributed by atoms with E-state index in [2.05, 4.69) is 4.74 Å². The fraction of sp³-hybridized carbons (Fsp3) is 0.300. The second-order valence-corrected chi connectivity index (χ2v) is 6.49.